The number of anilines is 1. The summed E-state index contributed by atoms with van der Waals surface area (Å²) in [5.74, 6) is 5.87. The molecule has 1 aromatic rings. The molecule has 0 saturated carbocycles. The second-order valence-electron chi connectivity index (χ2n) is 4.51. The van der Waals surface area contributed by atoms with Crippen molar-refractivity contribution >= 4 is 15.8 Å². The molecule has 0 aliphatic heterocycles. The van der Waals surface area contributed by atoms with E-state index >= 15 is 0 Å². The lowest BCUT2D eigenvalue weighted by Crippen LogP contribution is -2.37. The molecule has 0 aliphatic rings. The van der Waals surface area contributed by atoms with E-state index in [0.29, 0.717) is 11.7 Å². The van der Waals surface area contributed by atoms with Crippen molar-refractivity contribution < 1.29 is 8.42 Å². The van der Waals surface area contributed by atoms with E-state index in [1.54, 1.807) is 0 Å². The van der Waals surface area contributed by atoms with E-state index in [9.17, 15) is 8.42 Å². The van der Waals surface area contributed by atoms with Gasteiger partial charge in [-0.15, -0.1) is 0 Å². The number of nitrogen functional groups attached to an aromatic ring is 1. The smallest absolute Gasteiger partial charge is 0.241 e. The van der Waals surface area contributed by atoms with E-state index < -0.39 is 10.0 Å². The summed E-state index contributed by atoms with van der Waals surface area (Å²) in [5, 5.41) is 0. The molecule has 0 bridgehead atoms. The van der Waals surface area contributed by atoms with Crippen LogP contribution in [0.25, 0.3) is 0 Å². The van der Waals surface area contributed by atoms with Crippen molar-refractivity contribution in [1.82, 2.24) is 9.71 Å². The van der Waals surface area contributed by atoms with Crippen molar-refractivity contribution in [2.75, 3.05) is 5.43 Å². The minimum absolute atomic E-state index is 0.109. The molecule has 19 heavy (non-hydrogen) atoms. The molecule has 0 fully saturated rings. The molecule has 1 rings (SSSR count). The number of nitrogens with one attached hydrogen (secondary N) is 2. The maximum absolute atomic E-state index is 12.2. The SMILES string of the molecule is CCC(CC)C(C)NS(=O)(=O)c1ccnc(NN)c1. The third-order valence-corrected chi connectivity index (χ3v) is 4.84. The zero-order valence-corrected chi connectivity index (χ0v) is 12.4. The minimum Gasteiger partial charge on any atom is -0.308 e. The quantitative estimate of drug-likeness (QED) is 0.521. The Morgan fingerprint density at radius 1 is 1.37 bits per heavy atom. The Balaban J connectivity index is 2.91. The second-order valence-corrected chi connectivity index (χ2v) is 6.22. The zero-order valence-electron chi connectivity index (χ0n) is 11.6. The molecule has 0 aromatic carbocycles. The minimum atomic E-state index is -3.54. The fraction of sp³-hybridized carbons (Fsp3) is 0.583. The van der Waals surface area contributed by atoms with Gasteiger partial charge < -0.3 is 5.43 Å². The van der Waals surface area contributed by atoms with Crippen LogP contribution in [0, 0.1) is 5.92 Å². The first-order valence-corrected chi connectivity index (χ1v) is 7.87. The predicted molar refractivity (Wildman–Crippen MR) is 75.9 cm³/mol. The molecular weight excluding hydrogens is 264 g/mol. The van der Waals surface area contributed by atoms with Crippen LogP contribution in [-0.4, -0.2) is 19.4 Å². The summed E-state index contributed by atoms with van der Waals surface area (Å²) >= 11 is 0. The van der Waals surface area contributed by atoms with Crippen LogP contribution in [0.3, 0.4) is 0 Å². The Hall–Kier alpha value is -1.18. The molecule has 6 nitrogen and oxygen atoms in total. The molecule has 0 saturated heterocycles. The molecule has 1 heterocycles. The van der Waals surface area contributed by atoms with Gasteiger partial charge in [-0.05, 0) is 18.9 Å². The molecule has 1 unspecified atom stereocenters. The Labute approximate surface area is 114 Å². The second kappa shape index (κ2) is 6.83. The summed E-state index contributed by atoms with van der Waals surface area (Å²) < 4.78 is 27.2. The maximum atomic E-state index is 12.2. The Kier molecular flexibility index (Phi) is 5.71. The number of rotatable bonds is 7. The van der Waals surface area contributed by atoms with Crippen molar-refractivity contribution in [3.63, 3.8) is 0 Å². The molecule has 0 spiro atoms. The van der Waals surface area contributed by atoms with Crippen LogP contribution in [0.5, 0.6) is 0 Å². The lowest BCUT2D eigenvalue weighted by Gasteiger charge is -2.22. The lowest BCUT2D eigenvalue weighted by molar-refractivity contribution is 0.390. The molecular formula is C12H22N4O2S. The number of hydrazine groups is 1. The highest BCUT2D eigenvalue weighted by Gasteiger charge is 2.22. The highest BCUT2D eigenvalue weighted by atomic mass is 32.2. The average Bonchev–Trinajstić information content (AvgIpc) is 2.39. The van der Waals surface area contributed by atoms with Gasteiger partial charge >= 0.3 is 0 Å². The number of aromatic nitrogens is 1. The first-order valence-electron chi connectivity index (χ1n) is 6.39. The van der Waals surface area contributed by atoms with Gasteiger partial charge in [0.2, 0.25) is 10.0 Å². The summed E-state index contributed by atoms with van der Waals surface area (Å²) in [6, 6.07) is 2.74. The molecule has 7 heteroatoms. The number of nitrogens with two attached hydrogens (primary N) is 1. The monoisotopic (exact) mass is 286 g/mol. The number of sulfonamides is 1. The van der Waals surface area contributed by atoms with Gasteiger partial charge in [0.1, 0.15) is 5.82 Å². The molecule has 0 amide bonds. The fourth-order valence-corrected chi connectivity index (χ4v) is 3.39. The Morgan fingerprint density at radius 3 is 2.53 bits per heavy atom. The van der Waals surface area contributed by atoms with Crippen LogP contribution in [0.4, 0.5) is 5.82 Å². The van der Waals surface area contributed by atoms with Crippen LogP contribution in [0.2, 0.25) is 0 Å². The van der Waals surface area contributed by atoms with Gasteiger partial charge in [-0.2, -0.15) is 0 Å². The number of hydrogen-bond donors (Lipinski definition) is 3. The fourth-order valence-electron chi connectivity index (χ4n) is 2.06. The van der Waals surface area contributed by atoms with E-state index in [-0.39, 0.29) is 10.9 Å². The van der Waals surface area contributed by atoms with Crippen LogP contribution < -0.4 is 16.0 Å². The van der Waals surface area contributed by atoms with Gasteiger partial charge in [-0.25, -0.2) is 24.0 Å². The molecule has 4 N–H and O–H groups in total. The number of pyridine rings is 1. The summed E-state index contributed by atoms with van der Waals surface area (Å²) in [5.41, 5.74) is 2.33. The normalized spacial score (nSPS) is 13.5. The zero-order chi connectivity index (χ0) is 14.5. The molecule has 1 atom stereocenters. The van der Waals surface area contributed by atoms with E-state index in [1.807, 2.05) is 6.92 Å². The van der Waals surface area contributed by atoms with Gasteiger partial charge in [0.05, 0.1) is 4.90 Å². The van der Waals surface area contributed by atoms with Crippen LogP contribution in [0.1, 0.15) is 33.6 Å². The molecule has 0 radical (unpaired) electrons. The van der Waals surface area contributed by atoms with Crippen molar-refractivity contribution in [1.29, 1.82) is 0 Å². The number of nitrogens with zero attached hydrogens (tertiary/aromatic N) is 1. The van der Waals surface area contributed by atoms with E-state index in [4.69, 9.17) is 5.84 Å². The largest absolute Gasteiger partial charge is 0.308 e. The third kappa shape index (κ3) is 4.15. The van der Waals surface area contributed by atoms with Crippen molar-refractivity contribution in [3.8, 4) is 0 Å². The van der Waals surface area contributed by atoms with Gasteiger partial charge in [0.15, 0.2) is 0 Å². The summed E-state index contributed by atoms with van der Waals surface area (Å²) in [7, 11) is -3.54. The number of hydrogen-bond acceptors (Lipinski definition) is 5. The summed E-state index contributed by atoms with van der Waals surface area (Å²) in [6.07, 6.45) is 3.28. The molecule has 108 valence electrons. The van der Waals surface area contributed by atoms with Crippen LogP contribution in [-0.2, 0) is 10.0 Å². The summed E-state index contributed by atoms with van der Waals surface area (Å²) in [4.78, 5) is 4.05. The van der Waals surface area contributed by atoms with E-state index in [0.717, 1.165) is 12.8 Å². The maximum Gasteiger partial charge on any atom is 0.241 e. The lowest BCUT2D eigenvalue weighted by atomic mass is 9.96. The topological polar surface area (TPSA) is 97.1 Å². The summed E-state index contributed by atoms with van der Waals surface area (Å²) in [6.45, 7) is 6.00. The predicted octanol–water partition coefficient (Wildman–Crippen LogP) is 1.47. The Bertz CT molecular complexity index is 500. The van der Waals surface area contributed by atoms with Crippen molar-refractivity contribution in [3.05, 3.63) is 18.3 Å². The van der Waals surface area contributed by atoms with Crippen LogP contribution in [0.15, 0.2) is 23.2 Å². The van der Waals surface area contributed by atoms with Crippen molar-refractivity contribution in [2.24, 2.45) is 11.8 Å². The Morgan fingerprint density at radius 2 is 2.00 bits per heavy atom. The van der Waals surface area contributed by atoms with Gasteiger partial charge in [0, 0.05) is 18.3 Å². The van der Waals surface area contributed by atoms with Crippen molar-refractivity contribution in [2.45, 2.75) is 44.6 Å². The standard InChI is InChI=1S/C12H22N4O2S/c1-4-10(5-2)9(3)16-19(17,18)11-6-7-14-12(8-11)15-13/h6-10,16H,4-5,13H2,1-3H3,(H,14,15). The van der Waals surface area contributed by atoms with Gasteiger partial charge in [-0.3, -0.25) is 0 Å². The first kappa shape index (κ1) is 15.9. The van der Waals surface area contributed by atoms with Gasteiger partial charge in [0.25, 0.3) is 0 Å². The molecule has 1 aromatic heterocycles. The van der Waals surface area contributed by atoms with E-state index in [2.05, 4.69) is 29.0 Å². The highest BCUT2D eigenvalue weighted by Crippen LogP contribution is 2.17. The van der Waals surface area contributed by atoms with E-state index in [1.165, 1.54) is 18.3 Å². The molecule has 0 aliphatic carbocycles. The van der Waals surface area contributed by atoms with Crippen LogP contribution >= 0.6 is 0 Å². The third-order valence-electron chi connectivity index (χ3n) is 3.29. The first-order chi connectivity index (χ1) is 8.94. The van der Waals surface area contributed by atoms with Gasteiger partial charge in [-0.1, -0.05) is 26.7 Å². The average molecular weight is 286 g/mol. The highest BCUT2D eigenvalue weighted by molar-refractivity contribution is 7.89.